The number of carbonyl (C=O) groups excluding carboxylic acids is 1. The number of thioether (sulfide) groups is 1. The number of aromatic nitrogens is 4. The maximum Gasteiger partial charge on any atom is 0.274 e. The van der Waals surface area contributed by atoms with Crippen LogP contribution in [-0.2, 0) is 4.79 Å². The summed E-state index contributed by atoms with van der Waals surface area (Å²) in [4.78, 5) is 19.9. The maximum absolute atomic E-state index is 12.5. The number of aromatic amines is 1. The van der Waals surface area contributed by atoms with Crippen molar-refractivity contribution < 1.29 is 14.2 Å². The molecule has 4 rings (SSSR count). The Morgan fingerprint density at radius 2 is 2.04 bits per heavy atom. The highest BCUT2D eigenvalue weighted by molar-refractivity contribution is 7.99. The number of hydrogen-bond donors (Lipinski definition) is 1. The zero-order valence-corrected chi connectivity index (χ0v) is 15.4. The van der Waals surface area contributed by atoms with E-state index < -0.39 is 0 Å². The average Bonchev–Trinajstić information content (AvgIpc) is 3.37. The van der Waals surface area contributed by atoms with Crippen molar-refractivity contribution >= 4 is 23.5 Å². The van der Waals surface area contributed by atoms with Gasteiger partial charge in [-0.15, -0.1) is 10.2 Å². The van der Waals surface area contributed by atoms with Crippen molar-refractivity contribution in [3.63, 3.8) is 0 Å². The van der Waals surface area contributed by atoms with Crippen LogP contribution in [0.5, 0.6) is 0 Å². The standard InChI is InChI=1S/C17H19N7O2S/c18-24-16(13-4-3-11-26-13)20-21-17(24)27-12-15(25)23-9-7-22(8-10-23)14-5-1-2-6-19-14/h1-6,11H,7-10,12,18H2/p+1. The molecule has 10 heteroatoms. The highest BCUT2D eigenvalue weighted by Gasteiger charge is 2.26. The first-order valence-electron chi connectivity index (χ1n) is 8.59. The largest absolute Gasteiger partial charge is 0.461 e. The van der Waals surface area contributed by atoms with Crippen LogP contribution in [-0.4, -0.2) is 57.6 Å². The third-order valence-electron chi connectivity index (χ3n) is 4.40. The molecule has 27 heavy (non-hydrogen) atoms. The van der Waals surface area contributed by atoms with Crippen molar-refractivity contribution in [1.29, 1.82) is 0 Å². The number of pyridine rings is 1. The van der Waals surface area contributed by atoms with Crippen molar-refractivity contribution in [3.05, 3.63) is 42.8 Å². The van der Waals surface area contributed by atoms with Crippen LogP contribution in [0.2, 0.25) is 0 Å². The second-order valence-electron chi connectivity index (χ2n) is 6.06. The predicted molar refractivity (Wildman–Crippen MR) is 100 cm³/mol. The van der Waals surface area contributed by atoms with Gasteiger partial charge in [-0.25, -0.2) is 9.66 Å². The van der Waals surface area contributed by atoms with Gasteiger partial charge in [0, 0.05) is 6.07 Å². The maximum atomic E-state index is 12.5. The molecule has 1 amide bonds. The first-order valence-corrected chi connectivity index (χ1v) is 9.57. The molecule has 9 nitrogen and oxygen atoms in total. The van der Waals surface area contributed by atoms with Crippen LogP contribution >= 0.6 is 11.8 Å². The molecule has 3 aromatic heterocycles. The summed E-state index contributed by atoms with van der Waals surface area (Å²) in [5.41, 5.74) is 0. The van der Waals surface area contributed by atoms with Crippen LogP contribution in [0.4, 0.5) is 5.82 Å². The lowest BCUT2D eigenvalue weighted by atomic mass is 10.3. The lowest BCUT2D eigenvalue weighted by molar-refractivity contribution is -0.364. The normalized spacial score (nSPS) is 14.5. The van der Waals surface area contributed by atoms with Crippen molar-refractivity contribution in [2.24, 2.45) is 0 Å². The Morgan fingerprint density at radius 3 is 2.74 bits per heavy atom. The Morgan fingerprint density at radius 1 is 1.19 bits per heavy atom. The number of nitrogens with one attached hydrogen (secondary N) is 1. The second kappa shape index (κ2) is 7.70. The summed E-state index contributed by atoms with van der Waals surface area (Å²) in [6, 6.07) is 9.51. The van der Waals surface area contributed by atoms with Crippen LogP contribution in [0.15, 0.2) is 52.4 Å². The van der Waals surface area contributed by atoms with E-state index in [1.165, 1.54) is 16.4 Å². The number of hydrogen-bond acceptors (Lipinski definition) is 7. The van der Waals surface area contributed by atoms with Crippen LogP contribution in [0.3, 0.4) is 0 Å². The van der Waals surface area contributed by atoms with E-state index in [1.807, 2.05) is 29.3 Å². The molecule has 0 saturated carbocycles. The molecule has 1 aliphatic heterocycles. The summed E-state index contributed by atoms with van der Waals surface area (Å²) in [6.07, 6.45) is 3.46. The number of amides is 1. The number of carbonyl (C=O) groups is 1. The molecule has 4 heterocycles. The van der Waals surface area contributed by atoms with Gasteiger partial charge in [0.2, 0.25) is 16.9 Å². The number of furan rings is 1. The number of nitrogens with two attached hydrogens (primary N) is 1. The number of nitrogen functional groups attached to an aromatic ring is 1. The molecule has 0 aromatic carbocycles. The molecule has 3 aromatic rings. The summed E-state index contributed by atoms with van der Waals surface area (Å²) < 4.78 is 6.63. The van der Waals surface area contributed by atoms with Gasteiger partial charge in [0.05, 0.1) is 31.3 Å². The predicted octanol–water partition coefficient (Wildman–Crippen LogP) is 0.507. The topological polar surface area (TPSA) is 108 Å². The van der Waals surface area contributed by atoms with Gasteiger partial charge < -0.3 is 15.2 Å². The van der Waals surface area contributed by atoms with Crippen LogP contribution in [0.1, 0.15) is 0 Å². The molecule has 0 radical (unpaired) electrons. The van der Waals surface area contributed by atoms with Gasteiger partial charge in [-0.05, 0) is 18.2 Å². The summed E-state index contributed by atoms with van der Waals surface area (Å²) in [7, 11) is 0. The summed E-state index contributed by atoms with van der Waals surface area (Å²) in [5.74, 6) is 8.40. The van der Waals surface area contributed by atoms with Crippen LogP contribution in [0.25, 0.3) is 11.6 Å². The number of H-pyrrole nitrogens is 1. The zero-order chi connectivity index (χ0) is 18.6. The Bertz CT molecular complexity index is 889. The van der Waals surface area contributed by atoms with Gasteiger partial charge in [-0.2, -0.15) is 0 Å². The number of anilines is 1. The van der Waals surface area contributed by atoms with Gasteiger partial charge in [-0.3, -0.25) is 9.69 Å². The van der Waals surface area contributed by atoms with E-state index in [9.17, 15) is 4.79 Å². The first kappa shape index (κ1) is 17.4. The molecule has 0 aliphatic carbocycles. The van der Waals surface area contributed by atoms with E-state index in [2.05, 4.69) is 20.1 Å². The van der Waals surface area contributed by atoms with E-state index in [0.29, 0.717) is 29.8 Å². The molecule has 0 spiro atoms. The molecule has 1 aliphatic rings. The number of rotatable bonds is 5. The monoisotopic (exact) mass is 386 g/mol. The molecule has 140 valence electrons. The smallest absolute Gasteiger partial charge is 0.274 e. The fourth-order valence-electron chi connectivity index (χ4n) is 2.94. The minimum Gasteiger partial charge on any atom is -0.461 e. The van der Waals surface area contributed by atoms with E-state index >= 15 is 0 Å². The van der Waals surface area contributed by atoms with E-state index in [-0.39, 0.29) is 11.7 Å². The Labute approximate surface area is 160 Å². The highest BCUT2D eigenvalue weighted by atomic mass is 32.2. The fourth-order valence-corrected chi connectivity index (χ4v) is 3.70. The lowest BCUT2D eigenvalue weighted by Gasteiger charge is -2.30. The molecule has 0 bridgehead atoms. The van der Waals surface area contributed by atoms with Gasteiger partial charge in [0.25, 0.3) is 5.82 Å². The van der Waals surface area contributed by atoms with Crippen LogP contribution in [0, 0.1) is 0 Å². The van der Waals surface area contributed by atoms with Gasteiger partial charge in [0.1, 0.15) is 13.1 Å². The summed E-state index contributed by atoms with van der Waals surface area (Å²) in [5, 5.41) is 8.56. The lowest BCUT2D eigenvalue weighted by Crippen LogP contribution is -2.50. The summed E-state index contributed by atoms with van der Waals surface area (Å²) >= 11 is 1.28. The molecular weight excluding hydrogens is 366 g/mol. The van der Waals surface area contributed by atoms with Gasteiger partial charge in [-0.1, -0.05) is 17.8 Å². The summed E-state index contributed by atoms with van der Waals surface area (Å²) in [6.45, 7) is 2.98. The van der Waals surface area contributed by atoms with Crippen LogP contribution < -0.4 is 15.7 Å². The third-order valence-corrected chi connectivity index (χ3v) is 5.32. The first-order chi connectivity index (χ1) is 13.2. The zero-order valence-electron chi connectivity index (χ0n) is 14.6. The third kappa shape index (κ3) is 3.75. The SMILES string of the molecule is Nn1c(SCC(=O)N2CCN(c3cccc[nH+]3)CC2)nnc1-c1ccco1. The minimum absolute atomic E-state index is 0.0687. The van der Waals surface area contributed by atoms with Crippen molar-refractivity contribution in [2.75, 3.05) is 42.7 Å². The van der Waals surface area contributed by atoms with Gasteiger partial charge >= 0.3 is 0 Å². The average molecular weight is 386 g/mol. The van der Waals surface area contributed by atoms with E-state index in [4.69, 9.17) is 10.3 Å². The number of nitrogens with zero attached hydrogens (tertiary/aromatic N) is 5. The Hall–Kier alpha value is -3.01. The molecule has 0 unspecified atom stereocenters. The molecule has 1 saturated heterocycles. The van der Waals surface area contributed by atoms with Crippen molar-refractivity contribution in [2.45, 2.75) is 5.16 Å². The second-order valence-corrected chi connectivity index (χ2v) is 7.00. The quantitative estimate of drug-likeness (QED) is 0.503. The van der Waals surface area contributed by atoms with E-state index in [0.717, 1.165) is 18.9 Å². The Balaban J connectivity index is 1.31. The molecule has 3 N–H and O–H groups in total. The fraction of sp³-hybridized carbons (Fsp3) is 0.294. The number of piperazine rings is 1. The highest BCUT2D eigenvalue weighted by Crippen LogP contribution is 2.22. The molecular formula is C17H20N7O2S+. The van der Waals surface area contributed by atoms with E-state index in [1.54, 1.807) is 18.4 Å². The van der Waals surface area contributed by atoms with Crippen molar-refractivity contribution in [3.8, 4) is 11.6 Å². The minimum atomic E-state index is 0.0687. The van der Waals surface area contributed by atoms with Gasteiger partial charge in [0.15, 0.2) is 5.76 Å². The van der Waals surface area contributed by atoms with Crippen molar-refractivity contribution in [1.82, 2.24) is 19.8 Å². The molecule has 0 atom stereocenters. The molecule has 1 fully saturated rings. The Kier molecular flexibility index (Phi) is 4.97.